The molecule has 306 valence electrons. The molecule has 0 saturated carbocycles. The molecule has 0 bridgehead atoms. The molecule has 0 radical (unpaired) electrons. The summed E-state index contributed by atoms with van der Waals surface area (Å²) >= 11 is 1.70. The normalized spacial score (nSPS) is 16.1. The summed E-state index contributed by atoms with van der Waals surface area (Å²) in [6, 6.07) is 29.2. The van der Waals surface area contributed by atoms with Crippen molar-refractivity contribution in [3.8, 4) is 16.9 Å². The lowest BCUT2D eigenvalue weighted by molar-refractivity contribution is -0.669. The van der Waals surface area contributed by atoms with E-state index < -0.39 is 22.1 Å². The van der Waals surface area contributed by atoms with Crippen molar-refractivity contribution in [2.24, 2.45) is 0 Å². The Morgan fingerprint density at radius 2 is 1.80 bits per heavy atom. The van der Waals surface area contributed by atoms with E-state index in [4.69, 9.17) is 4.74 Å². The Morgan fingerprint density at radius 1 is 0.966 bits per heavy atom. The van der Waals surface area contributed by atoms with Crippen molar-refractivity contribution in [2.45, 2.75) is 65.0 Å². The first-order chi connectivity index (χ1) is 28.5. The van der Waals surface area contributed by atoms with E-state index in [0.29, 0.717) is 62.6 Å². The van der Waals surface area contributed by atoms with E-state index in [9.17, 15) is 27.7 Å². The number of ether oxygens (including phenoxy) is 1. The minimum absolute atomic E-state index is 0.0962. The van der Waals surface area contributed by atoms with Gasteiger partial charge in [-0.3, -0.25) is 9.35 Å². The zero-order chi connectivity index (χ0) is 41.5. The number of nitrogens with one attached hydrogen (secondary N) is 1. The zero-order valence-electron chi connectivity index (χ0n) is 33.2. The van der Waals surface area contributed by atoms with E-state index in [0.717, 1.165) is 55.3 Å². The summed E-state index contributed by atoms with van der Waals surface area (Å²) in [5, 5.41) is 13.8. The Morgan fingerprint density at radius 3 is 2.58 bits per heavy atom. The number of hydrogen-bond acceptors (Lipinski definition) is 8. The van der Waals surface area contributed by atoms with Crippen LogP contribution in [0.2, 0.25) is 0 Å². The van der Waals surface area contributed by atoms with E-state index >= 15 is 0 Å². The maximum atomic E-state index is 13.1. The highest BCUT2D eigenvalue weighted by molar-refractivity contribution is 7.85. The number of carbonyl (C=O) groups excluding carboxylic acids is 1. The second-order valence-corrected chi connectivity index (χ2v) is 17.5. The lowest BCUT2D eigenvalue weighted by Gasteiger charge is -2.32. The number of amides is 1. The van der Waals surface area contributed by atoms with Gasteiger partial charge in [-0.1, -0.05) is 78.9 Å². The molecular formula is C46H49N4O7S2+. The van der Waals surface area contributed by atoms with Crippen LogP contribution in [0.15, 0.2) is 121 Å². The quantitative estimate of drug-likeness (QED) is 0.0385. The van der Waals surface area contributed by atoms with Crippen LogP contribution in [-0.2, 0) is 26.3 Å². The number of thiazole rings is 1. The third-order valence-corrected chi connectivity index (χ3v) is 12.4. The first kappa shape index (κ1) is 41.4. The van der Waals surface area contributed by atoms with Crippen molar-refractivity contribution in [1.29, 1.82) is 0 Å². The molecule has 13 heteroatoms. The van der Waals surface area contributed by atoms with E-state index in [2.05, 4.69) is 54.1 Å². The number of carbonyl (C=O) groups is 2. The Kier molecular flexibility index (Phi) is 12.9. The van der Waals surface area contributed by atoms with Gasteiger partial charge < -0.3 is 25.0 Å². The minimum Gasteiger partial charge on any atom is -0.480 e. The number of unbranched alkanes of at least 4 members (excludes halogenated alkanes) is 1. The molecule has 2 aliphatic rings. The SMILES string of the molecule is CCC(/C=C1\Oc2ccc(-c3ccccc3)cc2N1CCCS(=O)(=O)O)=C\c1sc2ccc(C)cc2[n+]1CCCCC(=O)Nc1cccc(N2CC=CCC2C(=O)O)c1. The first-order valence-electron chi connectivity index (χ1n) is 20.0. The molecule has 1 unspecified atom stereocenters. The third-order valence-electron chi connectivity index (χ3n) is 10.5. The van der Waals surface area contributed by atoms with Crippen LogP contribution in [0.4, 0.5) is 17.1 Å². The van der Waals surface area contributed by atoms with Crippen LogP contribution in [0.1, 0.15) is 56.0 Å². The summed E-state index contributed by atoms with van der Waals surface area (Å²) in [4.78, 5) is 28.8. The molecule has 5 aromatic rings. The maximum absolute atomic E-state index is 13.1. The van der Waals surface area contributed by atoms with E-state index in [1.807, 2.05) is 94.8 Å². The number of fused-ring (bicyclic) bond motifs is 2. The van der Waals surface area contributed by atoms with Gasteiger partial charge in [0.15, 0.2) is 12.3 Å². The summed E-state index contributed by atoms with van der Waals surface area (Å²) in [7, 11) is -4.13. The van der Waals surface area contributed by atoms with Gasteiger partial charge in [0.25, 0.3) is 15.1 Å². The molecule has 7 rings (SSSR count). The molecule has 1 aromatic heterocycles. The summed E-state index contributed by atoms with van der Waals surface area (Å²) in [6.07, 6.45) is 11.2. The predicted octanol–water partition coefficient (Wildman–Crippen LogP) is 9.00. The Labute approximate surface area is 349 Å². The van der Waals surface area contributed by atoms with Gasteiger partial charge in [0.2, 0.25) is 17.3 Å². The number of benzene rings is 4. The van der Waals surface area contributed by atoms with E-state index in [1.54, 1.807) is 11.3 Å². The largest absolute Gasteiger partial charge is 0.480 e. The fourth-order valence-electron chi connectivity index (χ4n) is 7.49. The second-order valence-electron chi connectivity index (χ2n) is 14.8. The van der Waals surface area contributed by atoms with Crippen LogP contribution >= 0.6 is 11.3 Å². The number of aliphatic carboxylic acids is 1. The zero-order valence-corrected chi connectivity index (χ0v) is 34.8. The molecule has 1 amide bonds. The topological polar surface area (TPSA) is 140 Å². The van der Waals surface area contributed by atoms with Gasteiger partial charge in [0, 0.05) is 55.5 Å². The highest BCUT2D eigenvalue weighted by Crippen LogP contribution is 2.42. The van der Waals surface area contributed by atoms with Crippen molar-refractivity contribution in [1.82, 2.24) is 0 Å². The molecule has 0 spiro atoms. The van der Waals surface area contributed by atoms with Crippen molar-refractivity contribution < 1.29 is 37.0 Å². The van der Waals surface area contributed by atoms with Crippen LogP contribution in [-0.4, -0.2) is 54.8 Å². The molecule has 1 atom stereocenters. The summed E-state index contributed by atoms with van der Waals surface area (Å²) in [6.45, 7) is 5.70. The number of aromatic nitrogens is 1. The second kappa shape index (κ2) is 18.4. The molecular weight excluding hydrogens is 785 g/mol. The fourth-order valence-corrected chi connectivity index (χ4v) is 9.13. The smallest absolute Gasteiger partial charge is 0.326 e. The number of hydrogen-bond donors (Lipinski definition) is 3. The van der Waals surface area contributed by atoms with Gasteiger partial charge >= 0.3 is 5.97 Å². The lowest BCUT2D eigenvalue weighted by Crippen LogP contribution is -2.43. The summed E-state index contributed by atoms with van der Waals surface area (Å²) in [5.74, 6) is -0.0672. The summed E-state index contributed by atoms with van der Waals surface area (Å²) in [5.41, 5.74) is 7.59. The standard InChI is InChI=1S/C46H48N4O7S2/c1-3-33(28-44-49(25-12-26-59(54,55)56)39-30-35(20-21-41(39)57-44)34-13-5-4-6-14-34)29-45-50(40-27-32(2)19-22-42(40)58-45)24-10-8-18-43(51)47-36-15-11-16-37(31-36)48-23-9-7-17-38(48)46(52)53/h4-7,9,11,13-16,19-22,27-31,38H,3,8,10,12,17-18,23-26H2,1-2H3,(H2-,47,51,52,53,54,55,56)/p+1. The molecule has 0 fully saturated rings. The average molecular weight is 834 g/mol. The molecule has 3 N–H and O–H groups in total. The van der Waals surface area contributed by atoms with Gasteiger partial charge in [-0.05, 0) is 91.3 Å². The number of carboxylic acid groups (broad SMARTS) is 1. The highest BCUT2D eigenvalue weighted by Gasteiger charge is 2.29. The molecule has 3 heterocycles. The van der Waals surface area contributed by atoms with Gasteiger partial charge in [-0.25, -0.2) is 4.79 Å². The van der Waals surface area contributed by atoms with Gasteiger partial charge in [0.1, 0.15) is 10.7 Å². The monoisotopic (exact) mass is 833 g/mol. The number of allylic oxidation sites excluding steroid dienone is 2. The predicted molar refractivity (Wildman–Crippen MR) is 235 cm³/mol. The van der Waals surface area contributed by atoms with Gasteiger partial charge in [-0.15, -0.1) is 0 Å². The van der Waals surface area contributed by atoms with Crippen LogP contribution in [0.25, 0.3) is 27.4 Å². The maximum Gasteiger partial charge on any atom is 0.326 e. The Balaban J connectivity index is 1.08. The van der Waals surface area contributed by atoms with Crippen LogP contribution in [0.3, 0.4) is 0 Å². The Hall–Kier alpha value is -5.76. The van der Waals surface area contributed by atoms with Crippen LogP contribution in [0.5, 0.6) is 5.75 Å². The third kappa shape index (κ3) is 10.3. The van der Waals surface area contributed by atoms with E-state index in [-0.39, 0.29) is 18.1 Å². The number of aryl methyl sites for hydroxylation is 2. The van der Waals surface area contributed by atoms with E-state index in [1.165, 1.54) is 0 Å². The summed E-state index contributed by atoms with van der Waals surface area (Å²) < 4.78 is 42.7. The molecule has 4 aromatic carbocycles. The molecule has 11 nitrogen and oxygen atoms in total. The Bertz CT molecular complexity index is 2550. The van der Waals surface area contributed by atoms with Crippen molar-refractivity contribution in [3.05, 3.63) is 131 Å². The number of nitrogens with zero attached hydrogens (tertiary/aromatic N) is 3. The van der Waals surface area contributed by atoms with Crippen molar-refractivity contribution >= 4 is 66.7 Å². The molecule has 0 saturated heterocycles. The van der Waals surface area contributed by atoms with Crippen LogP contribution < -0.4 is 24.4 Å². The van der Waals surface area contributed by atoms with Crippen molar-refractivity contribution in [3.63, 3.8) is 0 Å². The highest BCUT2D eigenvalue weighted by atomic mass is 32.2. The minimum atomic E-state index is -4.13. The number of rotatable bonds is 16. The molecule has 59 heavy (non-hydrogen) atoms. The molecule has 2 aliphatic heterocycles. The molecule has 0 aliphatic carbocycles. The van der Waals surface area contributed by atoms with Gasteiger partial charge in [0.05, 0.1) is 11.4 Å². The van der Waals surface area contributed by atoms with Gasteiger partial charge in [-0.2, -0.15) is 13.0 Å². The number of carboxylic acids is 1. The average Bonchev–Trinajstić information content (AvgIpc) is 3.74. The number of anilines is 3. The van der Waals surface area contributed by atoms with Crippen molar-refractivity contribution in [2.75, 3.05) is 34.0 Å². The first-order valence-corrected chi connectivity index (χ1v) is 22.4. The van der Waals surface area contributed by atoms with Crippen LogP contribution in [0, 0.1) is 6.92 Å². The fraction of sp³-hybridized carbons (Fsp3) is 0.283. The lowest BCUT2D eigenvalue weighted by atomic mass is 10.0.